The van der Waals surface area contributed by atoms with Crippen LogP contribution in [0.5, 0.6) is 5.88 Å². The fourth-order valence-corrected chi connectivity index (χ4v) is 3.31. The largest absolute Gasteiger partial charge is 0.474 e. The summed E-state index contributed by atoms with van der Waals surface area (Å²) >= 11 is 5.88. The zero-order valence-corrected chi connectivity index (χ0v) is 16.2. The van der Waals surface area contributed by atoms with Crippen LogP contribution in [0.3, 0.4) is 0 Å². The second kappa shape index (κ2) is 9.72. The quantitative estimate of drug-likeness (QED) is 0.692. The summed E-state index contributed by atoms with van der Waals surface area (Å²) in [6.45, 7) is 0.556. The predicted molar refractivity (Wildman–Crippen MR) is 103 cm³/mol. The van der Waals surface area contributed by atoms with Gasteiger partial charge in [-0.1, -0.05) is 41.9 Å². The molecule has 1 aromatic carbocycles. The van der Waals surface area contributed by atoms with Gasteiger partial charge in [0.2, 0.25) is 11.7 Å². The molecule has 8 nitrogen and oxygen atoms in total. The number of aromatic nitrogens is 2. The first kappa shape index (κ1) is 20.4. The van der Waals surface area contributed by atoms with Crippen molar-refractivity contribution < 1.29 is 14.3 Å². The average molecular weight is 412 g/mol. The SMILES string of the molecule is N#CCC1CC(Oc2cc(Cl)nc(C#N)n2)CCN1C(=O)OCc1ccccc1. The zero-order valence-electron chi connectivity index (χ0n) is 15.5. The van der Waals surface area contributed by atoms with Crippen LogP contribution in [-0.4, -0.2) is 39.7 Å². The number of ether oxygens (including phenoxy) is 2. The standard InChI is InChI=1S/C20H18ClN5O3/c21-17-11-19(25-18(12-23)24-17)29-16-7-9-26(15(10-16)6-8-22)20(27)28-13-14-4-2-1-3-5-14/h1-5,11,15-16H,6-7,9-10,13H2. The third-order valence-corrected chi connectivity index (χ3v) is 4.69. The van der Waals surface area contributed by atoms with Crippen LogP contribution in [-0.2, 0) is 11.3 Å². The van der Waals surface area contributed by atoms with Crippen molar-refractivity contribution in [3.05, 3.63) is 52.9 Å². The Morgan fingerprint density at radius 3 is 2.79 bits per heavy atom. The fraction of sp³-hybridized carbons (Fsp3) is 0.350. The maximum atomic E-state index is 12.5. The number of nitrogens with zero attached hydrogens (tertiary/aromatic N) is 5. The van der Waals surface area contributed by atoms with E-state index in [-0.39, 0.29) is 42.0 Å². The molecule has 0 bridgehead atoms. The Morgan fingerprint density at radius 2 is 2.07 bits per heavy atom. The summed E-state index contributed by atoms with van der Waals surface area (Å²) in [4.78, 5) is 21.9. The fourth-order valence-electron chi connectivity index (χ4n) is 3.14. The number of carbonyl (C=O) groups excluding carboxylic acids is 1. The van der Waals surface area contributed by atoms with Crippen molar-refractivity contribution in [1.82, 2.24) is 14.9 Å². The van der Waals surface area contributed by atoms with E-state index >= 15 is 0 Å². The van der Waals surface area contributed by atoms with Gasteiger partial charge in [0.25, 0.3) is 0 Å². The highest BCUT2D eigenvalue weighted by Crippen LogP contribution is 2.25. The Morgan fingerprint density at radius 1 is 1.28 bits per heavy atom. The number of likely N-dealkylation sites (tertiary alicyclic amines) is 1. The lowest BCUT2D eigenvalue weighted by atomic mass is 9.97. The van der Waals surface area contributed by atoms with Gasteiger partial charge in [0.1, 0.15) is 23.9 Å². The molecule has 0 N–H and O–H groups in total. The molecule has 0 aliphatic carbocycles. The van der Waals surface area contributed by atoms with Gasteiger partial charge in [-0.2, -0.15) is 15.5 Å². The third-order valence-electron chi connectivity index (χ3n) is 4.49. The lowest BCUT2D eigenvalue weighted by Crippen LogP contribution is -2.48. The van der Waals surface area contributed by atoms with E-state index < -0.39 is 6.09 Å². The molecule has 1 aliphatic heterocycles. The Balaban J connectivity index is 1.62. The lowest BCUT2D eigenvalue weighted by Gasteiger charge is -2.37. The molecule has 2 heterocycles. The van der Waals surface area contributed by atoms with Crippen molar-refractivity contribution in [3.63, 3.8) is 0 Å². The van der Waals surface area contributed by atoms with Crippen molar-refractivity contribution >= 4 is 17.7 Å². The molecule has 1 aromatic heterocycles. The molecule has 1 saturated heterocycles. The topological polar surface area (TPSA) is 112 Å². The first-order valence-corrected chi connectivity index (χ1v) is 9.42. The van der Waals surface area contributed by atoms with Crippen LogP contribution in [0.1, 0.15) is 30.7 Å². The average Bonchev–Trinajstić information content (AvgIpc) is 2.73. The molecule has 0 radical (unpaired) electrons. The molecular formula is C20H18ClN5O3. The number of carbonyl (C=O) groups is 1. The summed E-state index contributed by atoms with van der Waals surface area (Å²) in [6, 6.07) is 14.4. The van der Waals surface area contributed by atoms with Crippen molar-refractivity contribution in [2.75, 3.05) is 6.54 Å². The number of piperidine rings is 1. The normalized spacial score (nSPS) is 18.4. The number of rotatable bonds is 5. The summed E-state index contributed by atoms with van der Waals surface area (Å²) < 4.78 is 11.2. The van der Waals surface area contributed by atoms with Gasteiger partial charge in [-0.3, -0.25) is 0 Å². The molecule has 2 aromatic rings. The van der Waals surface area contributed by atoms with Gasteiger partial charge >= 0.3 is 6.09 Å². The summed E-state index contributed by atoms with van der Waals surface area (Å²) in [5.41, 5.74) is 0.893. The molecule has 148 valence electrons. The van der Waals surface area contributed by atoms with E-state index in [9.17, 15) is 4.79 Å². The van der Waals surface area contributed by atoms with E-state index in [1.807, 2.05) is 36.4 Å². The minimum Gasteiger partial charge on any atom is -0.474 e. The third kappa shape index (κ3) is 5.56. The van der Waals surface area contributed by atoms with Crippen LogP contribution < -0.4 is 4.74 Å². The highest BCUT2D eigenvalue weighted by Gasteiger charge is 2.33. The van der Waals surface area contributed by atoms with Gasteiger partial charge in [-0.25, -0.2) is 9.78 Å². The molecule has 3 rings (SSSR count). The predicted octanol–water partition coefficient (Wildman–Crippen LogP) is 3.46. The van der Waals surface area contributed by atoms with Crippen LogP contribution in [0.2, 0.25) is 5.15 Å². The number of amides is 1. The maximum absolute atomic E-state index is 12.5. The van der Waals surface area contributed by atoms with E-state index in [2.05, 4.69) is 16.0 Å². The minimum absolute atomic E-state index is 0.0806. The number of hydrogen-bond donors (Lipinski definition) is 0. The molecule has 1 aliphatic rings. The van der Waals surface area contributed by atoms with Gasteiger partial charge in [0.15, 0.2) is 0 Å². The van der Waals surface area contributed by atoms with Crippen molar-refractivity contribution in [1.29, 1.82) is 10.5 Å². The van der Waals surface area contributed by atoms with Crippen LogP contribution in [0.4, 0.5) is 4.79 Å². The molecular weight excluding hydrogens is 394 g/mol. The van der Waals surface area contributed by atoms with Crippen molar-refractivity contribution in [2.24, 2.45) is 0 Å². The number of hydrogen-bond acceptors (Lipinski definition) is 7. The molecule has 29 heavy (non-hydrogen) atoms. The summed E-state index contributed by atoms with van der Waals surface area (Å²) in [5, 5.41) is 18.2. The molecule has 2 unspecified atom stereocenters. The second-order valence-corrected chi connectivity index (χ2v) is 6.87. The molecule has 1 amide bonds. The Hall–Kier alpha value is -3.36. The van der Waals surface area contributed by atoms with Crippen molar-refractivity contribution in [3.8, 4) is 18.0 Å². The first-order valence-electron chi connectivity index (χ1n) is 9.04. The highest BCUT2D eigenvalue weighted by atomic mass is 35.5. The maximum Gasteiger partial charge on any atom is 0.410 e. The van der Waals surface area contributed by atoms with E-state index in [4.69, 9.17) is 31.6 Å². The molecule has 2 atom stereocenters. The summed E-state index contributed by atoms with van der Waals surface area (Å²) in [6.07, 6.45) is 0.408. The summed E-state index contributed by atoms with van der Waals surface area (Å²) in [5.74, 6) is 0.116. The summed E-state index contributed by atoms with van der Waals surface area (Å²) in [7, 11) is 0. The van der Waals surface area contributed by atoms with E-state index in [0.717, 1.165) is 5.56 Å². The van der Waals surface area contributed by atoms with Crippen LogP contribution in [0.25, 0.3) is 0 Å². The van der Waals surface area contributed by atoms with E-state index in [1.165, 1.54) is 6.07 Å². The lowest BCUT2D eigenvalue weighted by molar-refractivity contribution is 0.0348. The van der Waals surface area contributed by atoms with Crippen LogP contribution >= 0.6 is 11.6 Å². The first-order chi connectivity index (χ1) is 14.1. The Kier molecular flexibility index (Phi) is 6.83. The minimum atomic E-state index is -0.454. The van der Waals surface area contributed by atoms with Gasteiger partial charge in [-0.15, -0.1) is 0 Å². The van der Waals surface area contributed by atoms with E-state index in [0.29, 0.717) is 19.4 Å². The van der Waals surface area contributed by atoms with Crippen LogP contribution in [0, 0.1) is 22.7 Å². The molecule has 0 saturated carbocycles. The molecule has 0 spiro atoms. The van der Waals surface area contributed by atoms with Crippen molar-refractivity contribution in [2.45, 2.75) is 38.0 Å². The zero-order chi connectivity index (χ0) is 20.6. The monoisotopic (exact) mass is 411 g/mol. The van der Waals surface area contributed by atoms with Crippen LogP contribution in [0.15, 0.2) is 36.4 Å². The molecule has 9 heteroatoms. The van der Waals surface area contributed by atoms with Gasteiger partial charge < -0.3 is 14.4 Å². The highest BCUT2D eigenvalue weighted by molar-refractivity contribution is 6.29. The number of benzene rings is 1. The van der Waals surface area contributed by atoms with Gasteiger partial charge in [0.05, 0.1) is 18.5 Å². The molecule has 1 fully saturated rings. The number of halogens is 1. The Bertz CT molecular complexity index is 941. The number of nitriles is 2. The second-order valence-electron chi connectivity index (χ2n) is 6.48. The van der Waals surface area contributed by atoms with Gasteiger partial charge in [0, 0.05) is 25.5 Å². The van der Waals surface area contributed by atoms with E-state index in [1.54, 1.807) is 4.90 Å². The smallest absolute Gasteiger partial charge is 0.410 e. The van der Waals surface area contributed by atoms with Gasteiger partial charge in [-0.05, 0) is 5.56 Å². The Labute approximate surface area is 173 Å².